The number of aromatic nitrogens is 2. The van der Waals surface area contributed by atoms with E-state index in [1.807, 2.05) is 13.8 Å². The molecular formula is C9H16N4O. The maximum absolute atomic E-state index is 11.5. The first kappa shape index (κ1) is 10.7. The van der Waals surface area contributed by atoms with Crippen molar-refractivity contribution in [2.75, 3.05) is 6.54 Å². The van der Waals surface area contributed by atoms with Crippen molar-refractivity contribution >= 4 is 5.91 Å². The topological polar surface area (TPSA) is 72.9 Å². The Morgan fingerprint density at radius 3 is 2.86 bits per heavy atom. The van der Waals surface area contributed by atoms with Crippen LogP contribution in [0.1, 0.15) is 23.1 Å². The number of amides is 1. The van der Waals surface area contributed by atoms with Crippen molar-refractivity contribution in [3.8, 4) is 0 Å². The molecule has 0 aliphatic rings. The molecule has 0 radical (unpaired) electrons. The summed E-state index contributed by atoms with van der Waals surface area (Å²) in [6, 6.07) is 1.73. The highest BCUT2D eigenvalue weighted by Crippen LogP contribution is 2.00. The second kappa shape index (κ2) is 4.23. The second-order valence-corrected chi connectivity index (χ2v) is 3.40. The summed E-state index contributed by atoms with van der Waals surface area (Å²) in [4.78, 5) is 11.5. The fourth-order valence-corrected chi connectivity index (χ4v) is 1.03. The molecule has 5 nitrogen and oxygen atoms in total. The normalized spacial score (nSPS) is 12.6. The molecule has 0 aliphatic carbocycles. The van der Waals surface area contributed by atoms with Gasteiger partial charge in [0, 0.05) is 25.3 Å². The molecule has 1 heterocycles. The zero-order valence-electron chi connectivity index (χ0n) is 8.74. The van der Waals surface area contributed by atoms with Crippen molar-refractivity contribution < 1.29 is 4.79 Å². The third-order valence-electron chi connectivity index (χ3n) is 2.08. The molecule has 0 aliphatic heterocycles. The summed E-state index contributed by atoms with van der Waals surface area (Å²) in [6.45, 7) is 4.18. The third kappa shape index (κ3) is 2.32. The van der Waals surface area contributed by atoms with Gasteiger partial charge in [0.25, 0.3) is 5.91 Å². The van der Waals surface area contributed by atoms with Crippen LogP contribution in [-0.4, -0.2) is 28.3 Å². The van der Waals surface area contributed by atoms with Crippen LogP contribution in [0, 0.1) is 6.92 Å². The number of nitrogens with zero attached hydrogens (tertiary/aromatic N) is 2. The molecule has 78 valence electrons. The molecule has 1 aromatic rings. The predicted molar refractivity (Wildman–Crippen MR) is 53.9 cm³/mol. The van der Waals surface area contributed by atoms with E-state index in [1.54, 1.807) is 17.8 Å². The third-order valence-corrected chi connectivity index (χ3v) is 2.08. The summed E-state index contributed by atoms with van der Waals surface area (Å²) < 4.78 is 1.67. The van der Waals surface area contributed by atoms with E-state index in [2.05, 4.69) is 10.4 Å². The zero-order valence-corrected chi connectivity index (χ0v) is 8.74. The van der Waals surface area contributed by atoms with Crippen molar-refractivity contribution in [3.63, 3.8) is 0 Å². The smallest absolute Gasteiger partial charge is 0.272 e. The zero-order chi connectivity index (χ0) is 10.7. The first-order valence-electron chi connectivity index (χ1n) is 4.56. The monoisotopic (exact) mass is 196 g/mol. The van der Waals surface area contributed by atoms with Gasteiger partial charge in [0.05, 0.1) is 0 Å². The van der Waals surface area contributed by atoms with E-state index < -0.39 is 0 Å². The molecule has 1 atom stereocenters. The number of hydrogen-bond donors (Lipinski definition) is 2. The largest absolute Gasteiger partial charge is 0.347 e. The molecule has 1 aromatic heterocycles. The lowest BCUT2D eigenvalue weighted by Gasteiger charge is -2.08. The summed E-state index contributed by atoms with van der Waals surface area (Å²) >= 11 is 0. The number of rotatable bonds is 3. The Kier molecular flexibility index (Phi) is 3.24. The number of hydrogen-bond acceptors (Lipinski definition) is 3. The minimum atomic E-state index is -0.174. The van der Waals surface area contributed by atoms with E-state index in [4.69, 9.17) is 5.73 Å². The molecule has 1 rings (SSSR count). The van der Waals surface area contributed by atoms with Gasteiger partial charge in [-0.3, -0.25) is 9.48 Å². The van der Waals surface area contributed by atoms with Crippen LogP contribution >= 0.6 is 0 Å². The molecule has 0 spiro atoms. The van der Waals surface area contributed by atoms with E-state index in [1.165, 1.54) is 0 Å². The van der Waals surface area contributed by atoms with E-state index in [9.17, 15) is 4.79 Å². The van der Waals surface area contributed by atoms with Crippen LogP contribution in [-0.2, 0) is 7.05 Å². The summed E-state index contributed by atoms with van der Waals surface area (Å²) in [5, 5.41) is 6.81. The van der Waals surface area contributed by atoms with Gasteiger partial charge in [-0.1, -0.05) is 0 Å². The summed E-state index contributed by atoms with van der Waals surface area (Å²) in [6.07, 6.45) is 0. The highest BCUT2D eigenvalue weighted by molar-refractivity contribution is 5.92. The van der Waals surface area contributed by atoms with Crippen LogP contribution < -0.4 is 11.1 Å². The molecule has 0 saturated carbocycles. The first-order valence-corrected chi connectivity index (χ1v) is 4.56. The Balaban J connectivity index is 2.70. The quantitative estimate of drug-likeness (QED) is 0.703. The molecular weight excluding hydrogens is 180 g/mol. The Bertz CT molecular complexity index is 312. The maximum Gasteiger partial charge on any atom is 0.272 e. The molecule has 0 unspecified atom stereocenters. The van der Waals surface area contributed by atoms with Gasteiger partial charge in [-0.15, -0.1) is 0 Å². The molecule has 0 bridgehead atoms. The molecule has 5 heteroatoms. The van der Waals surface area contributed by atoms with E-state index in [0.717, 1.165) is 5.69 Å². The standard InChI is InChI=1S/C9H16N4O/c1-6(5-10)11-9(14)8-4-7(2)13(3)12-8/h4,6H,5,10H2,1-3H3,(H,11,14)/t6-/m0/s1. The van der Waals surface area contributed by atoms with Crippen LogP contribution in [0.5, 0.6) is 0 Å². The maximum atomic E-state index is 11.5. The van der Waals surface area contributed by atoms with Gasteiger partial charge < -0.3 is 11.1 Å². The van der Waals surface area contributed by atoms with Gasteiger partial charge in [0.15, 0.2) is 0 Å². The fraction of sp³-hybridized carbons (Fsp3) is 0.556. The minimum Gasteiger partial charge on any atom is -0.347 e. The van der Waals surface area contributed by atoms with Crippen molar-refractivity contribution in [2.45, 2.75) is 19.9 Å². The van der Waals surface area contributed by atoms with Gasteiger partial charge in [-0.05, 0) is 19.9 Å². The van der Waals surface area contributed by atoms with Crippen molar-refractivity contribution in [3.05, 3.63) is 17.5 Å². The van der Waals surface area contributed by atoms with Gasteiger partial charge in [-0.2, -0.15) is 5.10 Å². The molecule has 14 heavy (non-hydrogen) atoms. The fourth-order valence-electron chi connectivity index (χ4n) is 1.03. The lowest BCUT2D eigenvalue weighted by atomic mass is 10.3. The molecule has 0 saturated heterocycles. The van der Waals surface area contributed by atoms with Crippen LogP contribution in [0.2, 0.25) is 0 Å². The first-order chi connectivity index (χ1) is 6.54. The van der Waals surface area contributed by atoms with Crippen molar-refractivity contribution in [2.24, 2.45) is 12.8 Å². The summed E-state index contributed by atoms with van der Waals surface area (Å²) in [5.41, 5.74) is 6.78. The van der Waals surface area contributed by atoms with Gasteiger partial charge >= 0.3 is 0 Å². The minimum absolute atomic E-state index is 0.0233. The van der Waals surface area contributed by atoms with Crippen molar-refractivity contribution in [1.29, 1.82) is 0 Å². The number of nitrogens with two attached hydrogens (primary N) is 1. The summed E-state index contributed by atoms with van der Waals surface area (Å²) in [5.74, 6) is -0.174. The number of nitrogens with one attached hydrogen (secondary N) is 1. The molecule has 3 N–H and O–H groups in total. The predicted octanol–water partition coefficient (Wildman–Crippen LogP) is -0.194. The Morgan fingerprint density at radius 1 is 1.79 bits per heavy atom. The molecule has 0 aromatic carbocycles. The highest BCUT2D eigenvalue weighted by atomic mass is 16.2. The van der Waals surface area contributed by atoms with Gasteiger partial charge in [-0.25, -0.2) is 0 Å². The SMILES string of the molecule is Cc1cc(C(=O)N[C@@H](C)CN)nn1C. The Morgan fingerprint density at radius 2 is 2.43 bits per heavy atom. The van der Waals surface area contributed by atoms with E-state index in [-0.39, 0.29) is 11.9 Å². The van der Waals surface area contributed by atoms with Crippen LogP contribution in [0.15, 0.2) is 6.07 Å². The van der Waals surface area contributed by atoms with Crippen LogP contribution in [0.3, 0.4) is 0 Å². The summed E-state index contributed by atoms with van der Waals surface area (Å²) in [7, 11) is 1.80. The van der Waals surface area contributed by atoms with Gasteiger partial charge in [0.2, 0.25) is 0 Å². The lowest BCUT2D eigenvalue weighted by Crippen LogP contribution is -2.38. The molecule has 1 amide bonds. The van der Waals surface area contributed by atoms with Crippen LogP contribution in [0.4, 0.5) is 0 Å². The number of aryl methyl sites for hydroxylation is 2. The molecule has 0 fully saturated rings. The second-order valence-electron chi connectivity index (χ2n) is 3.40. The van der Waals surface area contributed by atoms with Crippen LogP contribution in [0.25, 0.3) is 0 Å². The van der Waals surface area contributed by atoms with Crippen molar-refractivity contribution in [1.82, 2.24) is 15.1 Å². The number of carbonyl (C=O) groups excluding carboxylic acids is 1. The lowest BCUT2D eigenvalue weighted by molar-refractivity contribution is 0.0935. The Hall–Kier alpha value is -1.36. The average Bonchev–Trinajstić information content (AvgIpc) is 2.47. The van der Waals surface area contributed by atoms with E-state index in [0.29, 0.717) is 12.2 Å². The Labute approximate surface area is 83.3 Å². The number of carbonyl (C=O) groups is 1. The van der Waals surface area contributed by atoms with E-state index >= 15 is 0 Å². The van der Waals surface area contributed by atoms with Gasteiger partial charge in [0.1, 0.15) is 5.69 Å². The highest BCUT2D eigenvalue weighted by Gasteiger charge is 2.12. The average molecular weight is 196 g/mol.